The molecule has 0 aromatic heterocycles. The molecule has 2 aromatic rings. The van der Waals surface area contributed by atoms with Gasteiger partial charge in [-0.3, -0.25) is 10.1 Å². The Kier molecular flexibility index (Phi) is 6.10. The van der Waals surface area contributed by atoms with Gasteiger partial charge in [-0.15, -0.1) is 0 Å². The summed E-state index contributed by atoms with van der Waals surface area (Å²) < 4.78 is 21.0. The van der Waals surface area contributed by atoms with Gasteiger partial charge in [0.05, 0.1) is 38.0 Å². The molecular weight excluding hydrogens is 408 g/mol. The van der Waals surface area contributed by atoms with Crippen LogP contribution >= 0.6 is 0 Å². The standard InChI is InChI=1S/C21H20N2O8/c1-28-15-6-4-5-13(11-15)21(20(25)30-3,18-9-10-19(24)31-18)22-16-8-7-14(23(26)27)12-17(16)29-2/h4-12,18,22H,1-3H3/t18-,21+/m1/s1. The third kappa shape index (κ3) is 4.00. The molecular formula is C21H20N2O8. The third-order valence-corrected chi connectivity index (χ3v) is 4.84. The Morgan fingerprint density at radius 3 is 2.52 bits per heavy atom. The van der Waals surface area contributed by atoms with E-state index in [0.717, 1.165) is 0 Å². The number of carbonyl (C=O) groups excluding carboxylic acids is 2. The van der Waals surface area contributed by atoms with Crippen molar-refractivity contribution >= 4 is 23.3 Å². The molecule has 1 aliphatic heterocycles. The molecule has 1 heterocycles. The summed E-state index contributed by atoms with van der Waals surface area (Å²) in [6.07, 6.45) is 1.56. The number of anilines is 1. The maximum Gasteiger partial charge on any atom is 0.340 e. The van der Waals surface area contributed by atoms with E-state index in [-0.39, 0.29) is 17.1 Å². The van der Waals surface area contributed by atoms with Crippen LogP contribution in [-0.2, 0) is 24.6 Å². The Bertz CT molecular complexity index is 1050. The molecule has 0 bridgehead atoms. The number of hydrogen-bond acceptors (Lipinski definition) is 9. The topological polar surface area (TPSA) is 126 Å². The van der Waals surface area contributed by atoms with Crippen LogP contribution in [0.4, 0.5) is 11.4 Å². The maximum absolute atomic E-state index is 13.2. The number of rotatable bonds is 8. The number of carbonyl (C=O) groups is 2. The van der Waals surface area contributed by atoms with Crippen LogP contribution in [0.2, 0.25) is 0 Å². The molecule has 1 aliphatic rings. The van der Waals surface area contributed by atoms with Crippen molar-refractivity contribution in [3.63, 3.8) is 0 Å². The van der Waals surface area contributed by atoms with Crippen molar-refractivity contribution in [3.05, 3.63) is 70.3 Å². The summed E-state index contributed by atoms with van der Waals surface area (Å²) in [5.41, 5.74) is -1.31. The van der Waals surface area contributed by atoms with Gasteiger partial charge in [0.1, 0.15) is 11.5 Å². The monoisotopic (exact) mass is 428 g/mol. The number of nitrogens with one attached hydrogen (secondary N) is 1. The molecule has 0 aliphatic carbocycles. The Morgan fingerprint density at radius 2 is 1.94 bits per heavy atom. The molecule has 1 N–H and O–H groups in total. The van der Waals surface area contributed by atoms with Gasteiger partial charge >= 0.3 is 11.9 Å². The number of non-ortho nitro benzene ring substituents is 1. The van der Waals surface area contributed by atoms with E-state index in [0.29, 0.717) is 11.3 Å². The smallest absolute Gasteiger partial charge is 0.340 e. The molecule has 10 nitrogen and oxygen atoms in total. The van der Waals surface area contributed by atoms with E-state index in [1.807, 2.05) is 0 Å². The van der Waals surface area contributed by atoms with Crippen LogP contribution in [0.25, 0.3) is 0 Å². The van der Waals surface area contributed by atoms with Crippen molar-refractivity contribution < 1.29 is 33.5 Å². The minimum atomic E-state index is -1.74. The summed E-state index contributed by atoms with van der Waals surface area (Å²) in [5, 5.41) is 14.2. The van der Waals surface area contributed by atoms with Gasteiger partial charge in [-0.1, -0.05) is 12.1 Å². The zero-order valence-electron chi connectivity index (χ0n) is 17.0. The van der Waals surface area contributed by atoms with E-state index in [4.69, 9.17) is 18.9 Å². The molecule has 0 radical (unpaired) electrons. The first-order chi connectivity index (χ1) is 14.8. The summed E-state index contributed by atoms with van der Waals surface area (Å²) >= 11 is 0. The quantitative estimate of drug-likeness (QED) is 0.383. The van der Waals surface area contributed by atoms with E-state index in [2.05, 4.69) is 5.32 Å². The lowest BCUT2D eigenvalue weighted by Gasteiger charge is -2.37. The zero-order chi connectivity index (χ0) is 22.6. The van der Waals surface area contributed by atoms with Gasteiger partial charge in [-0.2, -0.15) is 0 Å². The first kappa shape index (κ1) is 21.6. The van der Waals surface area contributed by atoms with Crippen molar-refractivity contribution in [2.24, 2.45) is 0 Å². The van der Waals surface area contributed by atoms with E-state index in [9.17, 15) is 19.7 Å². The van der Waals surface area contributed by atoms with Crippen molar-refractivity contribution in [3.8, 4) is 11.5 Å². The Morgan fingerprint density at radius 1 is 1.16 bits per heavy atom. The maximum atomic E-state index is 13.2. The highest BCUT2D eigenvalue weighted by Crippen LogP contribution is 2.40. The van der Waals surface area contributed by atoms with Crippen LogP contribution in [0.3, 0.4) is 0 Å². The lowest BCUT2D eigenvalue weighted by molar-refractivity contribution is -0.384. The highest BCUT2D eigenvalue weighted by molar-refractivity contribution is 5.92. The summed E-state index contributed by atoms with van der Waals surface area (Å²) in [7, 11) is 4.01. The van der Waals surface area contributed by atoms with Crippen LogP contribution in [-0.4, -0.2) is 44.3 Å². The fourth-order valence-corrected chi connectivity index (χ4v) is 3.33. The van der Waals surface area contributed by atoms with Crippen molar-refractivity contribution in [2.45, 2.75) is 11.6 Å². The SMILES string of the molecule is COC(=O)[C@](Nc1ccc([N+](=O)[O-])cc1OC)(c1cccc(OC)c1)[C@H]1C=CC(=O)O1. The van der Waals surface area contributed by atoms with Crippen molar-refractivity contribution in [1.29, 1.82) is 0 Å². The highest BCUT2D eigenvalue weighted by Gasteiger charge is 2.52. The molecule has 0 unspecified atom stereocenters. The molecule has 3 rings (SSSR count). The molecule has 2 aromatic carbocycles. The number of hydrogen-bond donors (Lipinski definition) is 1. The van der Waals surface area contributed by atoms with E-state index in [1.54, 1.807) is 24.3 Å². The molecule has 162 valence electrons. The molecule has 0 fully saturated rings. The molecule has 2 atom stereocenters. The fourth-order valence-electron chi connectivity index (χ4n) is 3.33. The molecule has 0 saturated heterocycles. The van der Waals surface area contributed by atoms with Gasteiger partial charge in [-0.05, 0) is 29.8 Å². The van der Waals surface area contributed by atoms with Gasteiger partial charge in [0.25, 0.3) is 5.69 Å². The summed E-state index contributed by atoms with van der Waals surface area (Å²) in [5.74, 6) is -0.820. The normalized spacial score (nSPS) is 16.7. The highest BCUT2D eigenvalue weighted by atomic mass is 16.6. The largest absolute Gasteiger partial charge is 0.497 e. The number of nitrogens with zero attached hydrogens (tertiary/aromatic N) is 1. The number of benzene rings is 2. The van der Waals surface area contributed by atoms with E-state index >= 15 is 0 Å². The van der Waals surface area contributed by atoms with Gasteiger partial charge in [0.2, 0.25) is 5.54 Å². The lowest BCUT2D eigenvalue weighted by atomic mass is 9.83. The second kappa shape index (κ2) is 8.74. The van der Waals surface area contributed by atoms with Crippen LogP contribution in [0.5, 0.6) is 11.5 Å². The minimum Gasteiger partial charge on any atom is -0.497 e. The van der Waals surface area contributed by atoms with Gasteiger partial charge in [0, 0.05) is 12.1 Å². The molecule has 0 amide bonds. The van der Waals surface area contributed by atoms with Crippen molar-refractivity contribution in [1.82, 2.24) is 0 Å². The summed E-state index contributed by atoms with van der Waals surface area (Å²) in [6, 6.07) is 10.5. The fraction of sp³-hybridized carbons (Fsp3) is 0.238. The van der Waals surface area contributed by atoms with E-state index < -0.39 is 28.5 Å². The number of cyclic esters (lactones) is 1. The third-order valence-electron chi connectivity index (χ3n) is 4.84. The van der Waals surface area contributed by atoms with Crippen LogP contribution < -0.4 is 14.8 Å². The second-order valence-corrected chi connectivity index (χ2v) is 6.51. The molecule has 0 saturated carbocycles. The Balaban J connectivity index is 2.22. The lowest BCUT2D eigenvalue weighted by Crippen LogP contribution is -2.53. The first-order valence-electron chi connectivity index (χ1n) is 9.08. The second-order valence-electron chi connectivity index (χ2n) is 6.51. The zero-order valence-corrected chi connectivity index (χ0v) is 17.0. The number of esters is 2. The number of methoxy groups -OCH3 is 3. The van der Waals surface area contributed by atoms with Crippen LogP contribution in [0.1, 0.15) is 5.56 Å². The number of nitro benzene ring substituents is 1. The first-order valence-corrected chi connectivity index (χ1v) is 9.08. The predicted molar refractivity (Wildman–Crippen MR) is 109 cm³/mol. The molecule has 0 spiro atoms. The number of nitro groups is 1. The Labute approximate surface area is 177 Å². The predicted octanol–water partition coefficient (Wildman–Crippen LogP) is 2.57. The molecule has 31 heavy (non-hydrogen) atoms. The Hall–Kier alpha value is -4.08. The number of ether oxygens (including phenoxy) is 4. The van der Waals surface area contributed by atoms with Crippen LogP contribution in [0, 0.1) is 10.1 Å². The average molecular weight is 428 g/mol. The summed E-state index contributed by atoms with van der Waals surface area (Å²) in [6.45, 7) is 0. The van der Waals surface area contributed by atoms with Gasteiger partial charge < -0.3 is 24.3 Å². The summed E-state index contributed by atoms with van der Waals surface area (Å²) in [4.78, 5) is 35.6. The van der Waals surface area contributed by atoms with Crippen LogP contribution in [0.15, 0.2) is 54.6 Å². The van der Waals surface area contributed by atoms with E-state index in [1.165, 1.54) is 51.7 Å². The average Bonchev–Trinajstić information content (AvgIpc) is 3.23. The van der Waals surface area contributed by atoms with Crippen molar-refractivity contribution in [2.75, 3.05) is 26.6 Å². The van der Waals surface area contributed by atoms with Gasteiger partial charge in [-0.25, -0.2) is 9.59 Å². The van der Waals surface area contributed by atoms with Gasteiger partial charge in [0.15, 0.2) is 6.10 Å². The minimum absolute atomic E-state index is 0.110. The molecule has 10 heteroatoms.